The molecule has 0 bridgehead atoms. The minimum atomic E-state index is -0.662. The number of methoxy groups -OCH3 is 1. The molecule has 43 heavy (non-hydrogen) atoms. The molecule has 2 heterocycles. The zero-order chi connectivity index (χ0) is 29.9. The first-order chi connectivity index (χ1) is 20.9. The summed E-state index contributed by atoms with van der Waals surface area (Å²) in [6.07, 6.45) is 5.14. The minimum absolute atomic E-state index is 0.138. The Balaban J connectivity index is 1.17. The van der Waals surface area contributed by atoms with Crippen molar-refractivity contribution in [2.24, 2.45) is 18.7 Å². The highest BCUT2D eigenvalue weighted by Crippen LogP contribution is 2.35. The molecule has 9 nitrogen and oxygen atoms in total. The van der Waals surface area contributed by atoms with Crippen LogP contribution in [-0.2, 0) is 36.0 Å². The van der Waals surface area contributed by atoms with Gasteiger partial charge in [-0.2, -0.15) is 0 Å². The van der Waals surface area contributed by atoms with Gasteiger partial charge in [0.15, 0.2) is 0 Å². The van der Waals surface area contributed by atoms with Gasteiger partial charge >= 0.3 is 0 Å². The number of nitrogens with one attached hydrogen (secondary N) is 1. The Morgan fingerprint density at radius 3 is 2.70 bits per heavy atom. The van der Waals surface area contributed by atoms with Crippen molar-refractivity contribution in [1.29, 1.82) is 0 Å². The van der Waals surface area contributed by atoms with E-state index in [1.54, 1.807) is 16.7 Å². The lowest BCUT2D eigenvalue weighted by molar-refractivity contribution is -0.139. The summed E-state index contributed by atoms with van der Waals surface area (Å²) in [6, 6.07) is 21.1. The second-order valence-corrected chi connectivity index (χ2v) is 12.0. The first kappa shape index (κ1) is 28.9. The van der Waals surface area contributed by atoms with Crippen LogP contribution in [0.4, 0.5) is 0 Å². The van der Waals surface area contributed by atoms with E-state index in [9.17, 15) is 9.59 Å². The van der Waals surface area contributed by atoms with Crippen LogP contribution >= 0.6 is 0 Å². The van der Waals surface area contributed by atoms with Gasteiger partial charge in [-0.3, -0.25) is 9.59 Å². The monoisotopic (exact) mass is 580 g/mol. The quantitative estimate of drug-likeness (QED) is 0.310. The van der Waals surface area contributed by atoms with E-state index >= 15 is 0 Å². The number of fused-ring (bicyclic) bond motifs is 2. The topological polar surface area (TPSA) is 115 Å². The maximum Gasteiger partial charge on any atom is 0.243 e. The van der Waals surface area contributed by atoms with Crippen LogP contribution in [0.2, 0.25) is 0 Å². The second kappa shape index (κ2) is 12.6. The SMILES string of the molecule is COc1ccc(CC2CC(C(=O)NCc3ccc4c(c3)nnn4C)N(C(=O)C(N)CC3CCCc4ccccc43)C2)cc1. The number of ether oxygens (including phenoxy) is 1. The Hall–Kier alpha value is -4.24. The van der Waals surface area contributed by atoms with Crippen molar-refractivity contribution in [2.45, 2.75) is 63.1 Å². The lowest BCUT2D eigenvalue weighted by Crippen LogP contribution is -2.51. The molecule has 1 fully saturated rings. The second-order valence-electron chi connectivity index (χ2n) is 12.0. The van der Waals surface area contributed by atoms with Crippen LogP contribution in [-0.4, -0.2) is 57.4 Å². The number of carbonyl (C=O) groups is 2. The standard InChI is InChI=1S/C34H40N6O3/c1-39-31-15-12-23(17-30(31)37-38-39)20-36-33(41)32-18-24(16-22-10-13-27(43-2)14-11-22)21-40(32)34(42)29(35)19-26-8-5-7-25-6-3-4-9-28(25)26/h3-4,6,9-15,17,24,26,29,32H,5,7-8,16,18-21,35H2,1-2H3,(H,36,41). The number of hydrogen-bond acceptors (Lipinski definition) is 6. The number of hydrogen-bond donors (Lipinski definition) is 2. The molecular formula is C34H40N6O3. The molecule has 3 aromatic carbocycles. The van der Waals surface area contributed by atoms with Gasteiger partial charge in [0.2, 0.25) is 11.8 Å². The molecule has 224 valence electrons. The molecular weight excluding hydrogens is 540 g/mol. The molecule has 1 saturated heterocycles. The van der Waals surface area contributed by atoms with E-state index in [0.717, 1.165) is 53.6 Å². The van der Waals surface area contributed by atoms with Crippen LogP contribution in [0, 0.1) is 5.92 Å². The molecule has 0 radical (unpaired) electrons. The maximum absolute atomic E-state index is 13.9. The van der Waals surface area contributed by atoms with Gasteiger partial charge in [0.1, 0.15) is 17.3 Å². The third kappa shape index (κ3) is 6.27. The third-order valence-electron chi connectivity index (χ3n) is 9.15. The minimum Gasteiger partial charge on any atom is -0.497 e. The number of aromatic nitrogens is 3. The summed E-state index contributed by atoms with van der Waals surface area (Å²) in [5.41, 5.74) is 13.1. The summed E-state index contributed by atoms with van der Waals surface area (Å²) in [6.45, 7) is 0.849. The van der Waals surface area contributed by atoms with Crippen LogP contribution in [0.5, 0.6) is 5.75 Å². The van der Waals surface area contributed by atoms with Crippen LogP contribution < -0.4 is 15.8 Å². The van der Waals surface area contributed by atoms with E-state index in [4.69, 9.17) is 10.5 Å². The molecule has 3 N–H and O–H groups in total. The fourth-order valence-corrected chi connectivity index (χ4v) is 6.88. The van der Waals surface area contributed by atoms with E-state index in [1.807, 2.05) is 49.5 Å². The van der Waals surface area contributed by atoms with Gasteiger partial charge < -0.3 is 20.7 Å². The van der Waals surface area contributed by atoms with Gasteiger partial charge in [-0.15, -0.1) is 5.10 Å². The Morgan fingerprint density at radius 2 is 1.88 bits per heavy atom. The molecule has 6 rings (SSSR count). The molecule has 0 saturated carbocycles. The van der Waals surface area contributed by atoms with Crippen molar-refractivity contribution >= 4 is 22.8 Å². The van der Waals surface area contributed by atoms with Gasteiger partial charge in [0.25, 0.3) is 0 Å². The van der Waals surface area contributed by atoms with E-state index in [2.05, 4.69) is 39.9 Å². The van der Waals surface area contributed by atoms with E-state index in [0.29, 0.717) is 25.9 Å². The fourth-order valence-electron chi connectivity index (χ4n) is 6.88. The maximum atomic E-state index is 13.9. The average Bonchev–Trinajstić information content (AvgIpc) is 3.63. The molecule has 4 unspecified atom stereocenters. The molecule has 1 aliphatic carbocycles. The summed E-state index contributed by atoms with van der Waals surface area (Å²) in [5, 5.41) is 11.3. The van der Waals surface area contributed by atoms with E-state index in [-0.39, 0.29) is 23.7 Å². The Morgan fingerprint density at radius 1 is 1.09 bits per heavy atom. The molecule has 4 aromatic rings. The summed E-state index contributed by atoms with van der Waals surface area (Å²) >= 11 is 0. The van der Waals surface area contributed by atoms with Crippen molar-refractivity contribution in [2.75, 3.05) is 13.7 Å². The van der Waals surface area contributed by atoms with E-state index < -0.39 is 12.1 Å². The number of carbonyl (C=O) groups excluding carboxylic acids is 2. The molecule has 0 spiro atoms. The normalized spacial score (nSPS) is 20.5. The summed E-state index contributed by atoms with van der Waals surface area (Å²) in [5.74, 6) is 0.914. The van der Waals surface area contributed by atoms with E-state index in [1.165, 1.54) is 11.1 Å². The molecule has 1 aliphatic heterocycles. The smallest absolute Gasteiger partial charge is 0.243 e. The Labute approximate surface area is 252 Å². The molecule has 9 heteroatoms. The number of aryl methyl sites for hydroxylation is 2. The first-order valence-corrected chi connectivity index (χ1v) is 15.2. The van der Waals surface area contributed by atoms with Gasteiger partial charge in [-0.05, 0) is 96.9 Å². The number of amides is 2. The lowest BCUT2D eigenvalue weighted by atomic mass is 9.79. The highest BCUT2D eigenvalue weighted by atomic mass is 16.5. The third-order valence-corrected chi connectivity index (χ3v) is 9.15. The Bertz CT molecular complexity index is 1600. The van der Waals surface area contributed by atoms with Gasteiger partial charge in [-0.1, -0.05) is 47.7 Å². The van der Waals surface area contributed by atoms with Crippen molar-refractivity contribution in [3.63, 3.8) is 0 Å². The lowest BCUT2D eigenvalue weighted by Gasteiger charge is -2.31. The Kier molecular flexibility index (Phi) is 8.42. The first-order valence-electron chi connectivity index (χ1n) is 15.2. The van der Waals surface area contributed by atoms with Crippen LogP contribution in [0.25, 0.3) is 11.0 Å². The molecule has 4 atom stereocenters. The summed E-state index contributed by atoms with van der Waals surface area (Å²) in [4.78, 5) is 29.3. The van der Waals surface area contributed by atoms with Crippen LogP contribution in [0.1, 0.15) is 53.9 Å². The number of nitrogens with zero attached hydrogens (tertiary/aromatic N) is 4. The molecule has 1 aromatic heterocycles. The van der Waals surface area contributed by atoms with Crippen LogP contribution in [0.3, 0.4) is 0 Å². The van der Waals surface area contributed by atoms with Gasteiger partial charge in [-0.25, -0.2) is 4.68 Å². The average molecular weight is 581 g/mol. The predicted octanol–water partition coefficient (Wildman–Crippen LogP) is 3.89. The largest absolute Gasteiger partial charge is 0.497 e. The van der Waals surface area contributed by atoms with Gasteiger partial charge in [0.05, 0.1) is 18.7 Å². The van der Waals surface area contributed by atoms with Crippen molar-refractivity contribution in [3.8, 4) is 5.75 Å². The van der Waals surface area contributed by atoms with Crippen molar-refractivity contribution in [3.05, 3.63) is 89.0 Å². The zero-order valence-corrected chi connectivity index (χ0v) is 24.9. The molecule has 2 aliphatic rings. The van der Waals surface area contributed by atoms with Crippen molar-refractivity contribution < 1.29 is 14.3 Å². The molecule has 2 amide bonds. The fraction of sp³-hybridized carbons (Fsp3) is 0.412. The number of nitrogens with two attached hydrogens (primary N) is 1. The predicted molar refractivity (Wildman–Crippen MR) is 165 cm³/mol. The summed E-state index contributed by atoms with van der Waals surface area (Å²) in [7, 11) is 3.50. The van der Waals surface area contributed by atoms with Gasteiger partial charge in [0, 0.05) is 20.1 Å². The summed E-state index contributed by atoms with van der Waals surface area (Å²) < 4.78 is 7.03. The highest BCUT2D eigenvalue weighted by Gasteiger charge is 2.41. The van der Waals surface area contributed by atoms with Crippen LogP contribution in [0.15, 0.2) is 66.7 Å². The highest BCUT2D eigenvalue weighted by molar-refractivity contribution is 5.90. The number of benzene rings is 3. The van der Waals surface area contributed by atoms with Crippen molar-refractivity contribution in [1.82, 2.24) is 25.2 Å². The number of rotatable bonds is 9. The number of likely N-dealkylation sites (tertiary alicyclic amines) is 1. The zero-order valence-electron chi connectivity index (χ0n) is 24.9.